The first-order valence-electron chi connectivity index (χ1n) is 5.85. The molecule has 1 aliphatic rings. The fraction of sp³-hybridized carbons (Fsp3) is 0.800. The Morgan fingerprint density at radius 3 is 2.30 bits per heavy atom. The first-order valence-corrected chi connectivity index (χ1v) is 5.85. The monoisotopic (exact) mass is 294 g/mol. The van der Waals surface area contributed by atoms with Gasteiger partial charge in [0.15, 0.2) is 5.72 Å². The Kier molecular flexibility index (Phi) is 5.80. The van der Waals surface area contributed by atoms with Crippen LogP contribution in [-0.4, -0.2) is 87.7 Å². The van der Waals surface area contributed by atoms with E-state index < -0.39 is 62.2 Å². The zero-order valence-electron chi connectivity index (χ0n) is 10.5. The molecule has 0 aromatic rings. The number of hydrogen-bond donors (Lipinski definition) is 7. The molecule has 10 nitrogen and oxygen atoms in total. The molecule has 1 aliphatic heterocycles. The second-order valence-corrected chi connectivity index (χ2v) is 4.35. The van der Waals surface area contributed by atoms with Crippen molar-refractivity contribution >= 4 is 11.9 Å². The summed E-state index contributed by atoms with van der Waals surface area (Å²) >= 11 is 0. The largest absolute Gasteiger partial charge is 0.480 e. The Labute approximate surface area is 114 Å². The van der Waals surface area contributed by atoms with Crippen LogP contribution >= 0.6 is 0 Å². The van der Waals surface area contributed by atoms with Crippen molar-refractivity contribution in [2.45, 2.75) is 24.0 Å². The van der Waals surface area contributed by atoms with Crippen LogP contribution in [0.15, 0.2) is 0 Å². The lowest BCUT2D eigenvalue weighted by Crippen LogP contribution is -2.59. The summed E-state index contributed by atoms with van der Waals surface area (Å²) in [6, 6.07) is 0. The maximum Gasteiger partial charge on any atom is 0.322 e. The van der Waals surface area contributed by atoms with Gasteiger partial charge in [-0.25, -0.2) is 0 Å². The van der Waals surface area contributed by atoms with Crippen LogP contribution in [0.2, 0.25) is 0 Å². The van der Waals surface area contributed by atoms with Crippen LogP contribution in [0.25, 0.3) is 0 Å². The van der Waals surface area contributed by atoms with Gasteiger partial charge in [-0.2, -0.15) is 0 Å². The molecule has 0 bridgehead atoms. The Morgan fingerprint density at radius 2 is 1.85 bits per heavy atom. The van der Waals surface area contributed by atoms with Crippen molar-refractivity contribution < 1.29 is 39.9 Å². The summed E-state index contributed by atoms with van der Waals surface area (Å²) in [4.78, 5) is 21.6. The minimum absolute atomic E-state index is 0.449. The van der Waals surface area contributed by atoms with Crippen molar-refractivity contribution in [2.24, 2.45) is 0 Å². The summed E-state index contributed by atoms with van der Waals surface area (Å²) in [5.41, 5.74) is -1.80. The summed E-state index contributed by atoms with van der Waals surface area (Å²) in [6.45, 7) is -2.35. The number of rotatable bonds is 7. The number of carboxylic acids is 1. The van der Waals surface area contributed by atoms with Gasteiger partial charge in [0.2, 0.25) is 5.91 Å². The minimum atomic E-state index is -1.80. The first-order chi connectivity index (χ1) is 9.36. The third-order valence-electron chi connectivity index (χ3n) is 2.94. The van der Waals surface area contributed by atoms with Gasteiger partial charge >= 0.3 is 5.97 Å². The molecule has 1 fully saturated rings. The number of aliphatic carboxylic acids is 1. The first kappa shape index (κ1) is 16.8. The van der Waals surface area contributed by atoms with Crippen molar-refractivity contribution in [1.82, 2.24) is 10.6 Å². The molecule has 4 atom stereocenters. The van der Waals surface area contributed by atoms with E-state index in [1.54, 1.807) is 0 Å². The van der Waals surface area contributed by atoms with Crippen molar-refractivity contribution in [3.8, 4) is 0 Å². The molecule has 0 aliphatic carbocycles. The molecule has 7 N–H and O–H groups in total. The number of aliphatic hydroxyl groups is 4. The molecule has 1 saturated heterocycles. The highest BCUT2D eigenvalue weighted by Crippen LogP contribution is 2.28. The number of carbonyl (C=O) groups excluding carboxylic acids is 1. The summed E-state index contributed by atoms with van der Waals surface area (Å²) in [5, 5.41) is 50.5. The van der Waals surface area contributed by atoms with E-state index in [2.05, 4.69) is 10.6 Å². The second-order valence-electron chi connectivity index (χ2n) is 4.35. The number of amides is 1. The Bertz CT molecular complexity index is 365. The molecule has 20 heavy (non-hydrogen) atoms. The van der Waals surface area contributed by atoms with Crippen molar-refractivity contribution in [3.63, 3.8) is 0 Å². The molecule has 1 rings (SSSR count). The number of ether oxygens (including phenoxy) is 1. The summed E-state index contributed by atoms with van der Waals surface area (Å²) in [5.74, 6) is -1.92. The normalized spacial score (nSPS) is 33.1. The zero-order chi connectivity index (χ0) is 15.3. The van der Waals surface area contributed by atoms with Gasteiger partial charge in [0.25, 0.3) is 0 Å². The molecule has 1 unspecified atom stereocenters. The Balaban J connectivity index is 2.58. The molecule has 1 amide bonds. The smallest absolute Gasteiger partial charge is 0.322 e. The molecule has 0 aromatic heterocycles. The number of hydrogen-bond acceptors (Lipinski definition) is 8. The molecule has 10 heteroatoms. The Morgan fingerprint density at radius 1 is 1.20 bits per heavy atom. The SMILES string of the molecule is O=C(O)CNC(=O)CNC1(CO)O[C@H](CO)[C@@H](O)[C@@H]1O. The second kappa shape index (κ2) is 6.92. The fourth-order valence-electron chi connectivity index (χ4n) is 1.83. The maximum absolute atomic E-state index is 11.3. The number of nitrogens with one attached hydrogen (secondary N) is 2. The highest BCUT2D eigenvalue weighted by atomic mass is 16.6. The number of carboxylic acid groups (broad SMARTS) is 1. The van der Waals surface area contributed by atoms with Crippen LogP contribution in [0.5, 0.6) is 0 Å². The van der Waals surface area contributed by atoms with Crippen LogP contribution in [-0.2, 0) is 14.3 Å². The standard InChI is InChI=1S/C10H18N2O8/c13-3-5-8(18)9(19)10(4-14,20-5)12-1-6(15)11-2-7(16)17/h5,8-9,12-14,18-19H,1-4H2,(H,11,15)(H,16,17)/t5-,8-,9+,10?/m1/s1. The van der Waals surface area contributed by atoms with E-state index in [0.717, 1.165) is 0 Å². The molecule has 1 heterocycles. The van der Waals surface area contributed by atoms with E-state index >= 15 is 0 Å². The molecule has 0 aromatic carbocycles. The molecule has 116 valence electrons. The lowest BCUT2D eigenvalue weighted by molar-refractivity contribution is -0.145. The number of carbonyl (C=O) groups is 2. The van der Waals surface area contributed by atoms with E-state index in [9.17, 15) is 24.9 Å². The molecule has 0 spiro atoms. The third-order valence-corrected chi connectivity index (χ3v) is 2.94. The van der Waals surface area contributed by atoms with Crippen molar-refractivity contribution in [3.05, 3.63) is 0 Å². The van der Waals surface area contributed by atoms with E-state index in [-0.39, 0.29) is 0 Å². The van der Waals surface area contributed by atoms with Gasteiger partial charge in [0.05, 0.1) is 19.8 Å². The van der Waals surface area contributed by atoms with Crippen LogP contribution < -0.4 is 10.6 Å². The molecule has 0 saturated carbocycles. The number of aliphatic hydroxyl groups excluding tert-OH is 4. The lowest BCUT2D eigenvalue weighted by atomic mass is 10.0. The predicted molar refractivity (Wildman–Crippen MR) is 62.4 cm³/mol. The molecular formula is C10H18N2O8. The van der Waals surface area contributed by atoms with Gasteiger partial charge in [-0.1, -0.05) is 0 Å². The van der Waals surface area contributed by atoms with E-state index in [1.165, 1.54) is 0 Å². The average Bonchev–Trinajstić information content (AvgIpc) is 2.67. The van der Waals surface area contributed by atoms with Gasteiger partial charge in [-0.05, 0) is 0 Å². The quantitative estimate of drug-likeness (QED) is 0.245. The predicted octanol–water partition coefficient (Wildman–Crippen LogP) is -4.42. The van der Waals surface area contributed by atoms with E-state index in [1.807, 2.05) is 0 Å². The fourth-order valence-corrected chi connectivity index (χ4v) is 1.83. The van der Waals surface area contributed by atoms with Gasteiger partial charge in [-0.15, -0.1) is 0 Å². The summed E-state index contributed by atoms with van der Waals surface area (Å²) in [7, 11) is 0. The highest BCUT2D eigenvalue weighted by Gasteiger charge is 2.53. The van der Waals surface area contributed by atoms with E-state index in [0.29, 0.717) is 0 Å². The van der Waals surface area contributed by atoms with Gasteiger partial charge in [0, 0.05) is 0 Å². The maximum atomic E-state index is 11.3. The topological polar surface area (TPSA) is 169 Å². The van der Waals surface area contributed by atoms with Crippen LogP contribution in [0.1, 0.15) is 0 Å². The van der Waals surface area contributed by atoms with Crippen LogP contribution in [0, 0.1) is 0 Å². The van der Waals surface area contributed by atoms with Gasteiger partial charge in [-0.3, -0.25) is 14.9 Å². The minimum Gasteiger partial charge on any atom is -0.480 e. The molecule has 0 radical (unpaired) electrons. The van der Waals surface area contributed by atoms with Crippen molar-refractivity contribution in [1.29, 1.82) is 0 Å². The lowest BCUT2D eigenvalue weighted by Gasteiger charge is -2.30. The summed E-state index contributed by atoms with van der Waals surface area (Å²) < 4.78 is 5.14. The zero-order valence-corrected chi connectivity index (χ0v) is 10.5. The average molecular weight is 294 g/mol. The summed E-state index contributed by atoms with van der Waals surface area (Å²) in [6.07, 6.45) is -4.09. The van der Waals surface area contributed by atoms with Gasteiger partial charge < -0.3 is 35.6 Å². The highest BCUT2D eigenvalue weighted by molar-refractivity contribution is 5.82. The van der Waals surface area contributed by atoms with Gasteiger partial charge in [0.1, 0.15) is 24.9 Å². The van der Waals surface area contributed by atoms with Crippen LogP contribution in [0.4, 0.5) is 0 Å². The Hall–Kier alpha value is -1.30. The molecular weight excluding hydrogens is 276 g/mol. The van der Waals surface area contributed by atoms with Crippen LogP contribution in [0.3, 0.4) is 0 Å². The van der Waals surface area contributed by atoms with E-state index in [4.69, 9.17) is 14.9 Å². The van der Waals surface area contributed by atoms with Crippen molar-refractivity contribution in [2.75, 3.05) is 26.3 Å². The third kappa shape index (κ3) is 3.62.